The number of anilines is 2. The Morgan fingerprint density at radius 3 is 1.44 bits per heavy atom. The zero-order valence-corrected chi connectivity index (χ0v) is 38.9. The van der Waals surface area contributed by atoms with E-state index in [1.165, 1.54) is 66.6 Å². The van der Waals surface area contributed by atoms with Crippen molar-refractivity contribution in [3.8, 4) is 39.1 Å². The van der Waals surface area contributed by atoms with E-state index >= 15 is 0 Å². The lowest BCUT2D eigenvalue weighted by molar-refractivity contribution is 0.553. The third-order valence-corrected chi connectivity index (χ3v) is 15.4. The molecule has 2 aliphatic rings. The van der Waals surface area contributed by atoms with Crippen LogP contribution in [0.15, 0.2) is 252 Å². The molecule has 0 radical (unpaired) electrons. The number of nitrogens with zero attached hydrogens (tertiary/aromatic N) is 2. The number of aromatic nitrogens is 1. The minimum absolute atomic E-state index is 0.135. The Labute approximate surface area is 410 Å². The smallest absolute Gasteiger partial charge is 0.178 e. The average molecular weight is 909 g/mol. The van der Waals surface area contributed by atoms with Crippen LogP contribution in [-0.2, 0) is 5.41 Å². The molecular formula is C67H44N2O2. The number of rotatable bonds is 6. The van der Waals surface area contributed by atoms with Crippen LogP contribution in [0.4, 0.5) is 11.4 Å². The molecule has 0 saturated heterocycles. The lowest BCUT2D eigenvalue weighted by Gasteiger charge is -2.36. The number of para-hydroxylation sites is 2. The van der Waals surface area contributed by atoms with Crippen molar-refractivity contribution in [2.24, 2.45) is 0 Å². The van der Waals surface area contributed by atoms with Gasteiger partial charge in [-0.3, -0.25) is 0 Å². The molecule has 4 nitrogen and oxygen atoms in total. The van der Waals surface area contributed by atoms with E-state index in [1.807, 2.05) is 0 Å². The van der Waals surface area contributed by atoms with E-state index in [1.54, 1.807) is 0 Å². The third-order valence-electron chi connectivity index (χ3n) is 15.4. The summed E-state index contributed by atoms with van der Waals surface area (Å²) in [4.78, 5) is 2.51. The predicted octanol–water partition coefficient (Wildman–Crippen LogP) is 18.0. The minimum Gasteiger partial charge on any atom is -0.452 e. The Morgan fingerprint density at radius 2 is 0.859 bits per heavy atom. The molecular weight excluding hydrogens is 865 g/mol. The van der Waals surface area contributed by atoms with Gasteiger partial charge in [-0.05, 0) is 154 Å². The lowest BCUT2D eigenvalue weighted by Crippen LogP contribution is -2.39. The molecule has 2 unspecified atom stereocenters. The summed E-state index contributed by atoms with van der Waals surface area (Å²) in [6, 6.07) is 81.3. The molecule has 0 fully saturated rings. The summed E-state index contributed by atoms with van der Waals surface area (Å²) in [7, 11) is 0. The van der Waals surface area contributed by atoms with Gasteiger partial charge in [0.1, 0.15) is 11.2 Å². The monoisotopic (exact) mass is 908 g/mol. The first kappa shape index (κ1) is 39.8. The maximum atomic E-state index is 6.73. The van der Waals surface area contributed by atoms with Gasteiger partial charge in [-0.2, -0.15) is 0 Å². The molecule has 1 aliphatic heterocycles. The fraction of sp³-hybridized carbons (Fsp3) is 0.0448. The quantitative estimate of drug-likeness (QED) is 0.167. The summed E-state index contributed by atoms with van der Waals surface area (Å²) >= 11 is 0. The average Bonchev–Trinajstić information content (AvgIpc) is 4.17. The Morgan fingerprint density at radius 1 is 0.394 bits per heavy atom. The molecule has 0 bridgehead atoms. The Bertz CT molecular complexity index is 4350. The van der Waals surface area contributed by atoms with Crippen LogP contribution in [0.3, 0.4) is 0 Å². The van der Waals surface area contributed by atoms with Gasteiger partial charge in [0.15, 0.2) is 11.2 Å². The van der Waals surface area contributed by atoms with Gasteiger partial charge in [0.25, 0.3) is 0 Å². The Kier molecular flexibility index (Phi) is 8.52. The van der Waals surface area contributed by atoms with Crippen molar-refractivity contribution in [3.05, 3.63) is 254 Å². The second-order valence-corrected chi connectivity index (χ2v) is 19.4. The van der Waals surface area contributed by atoms with Gasteiger partial charge in [0.2, 0.25) is 0 Å². The molecule has 2 atom stereocenters. The number of hydrogen-bond acceptors (Lipinski definition) is 3. The van der Waals surface area contributed by atoms with Crippen LogP contribution in [0, 0.1) is 0 Å². The topological polar surface area (TPSA) is 34.5 Å². The maximum Gasteiger partial charge on any atom is 0.178 e. The molecule has 0 saturated carbocycles. The van der Waals surface area contributed by atoms with Crippen molar-refractivity contribution in [2.75, 3.05) is 4.90 Å². The summed E-state index contributed by atoms with van der Waals surface area (Å²) in [5, 5.41) is 6.66. The molecule has 334 valence electrons. The first-order valence-electron chi connectivity index (χ1n) is 24.5. The van der Waals surface area contributed by atoms with Crippen molar-refractivity contribution in [1.29, 1.82) is 0 Å². The molecule has 0 spiro atoms. The highest BCUT2D eigenvalue weighted by Gasteiger charge is 2.47. The molecule has 3 aromatic heterocycles. The van der Waals surface area contributed by atoms with E-state index in [2.05, 4.69) is 259 Å². The first-order chi connectivity index (χ1) is 35.0. The number of furan rings is 2. The predicted molar refractivity (Wildman–Crippen MR) is 295 cm³/mol. The molecule has 15 rings (SSSR count). The fourth-order valence-electron chi connectivity index (χ4n) is 11.9. The number of fused-ring (bicyclic) bond motifs is 13. The van der Waals surface area contributed by atoms with Gasteiger partial charge < -0.3 is 18.3 Å². The summed E-state index contributed by atoms with van der Waals surface area (Å²) in [6.45, 7) is 2.40. The van der Waals surface area contributed by atoms with Crippen LogP contribution < -0.4 is 4.90 Å². The third kappa shape index (κ3) is 6.04. The highest BCUT2D eigenvalue weighted by Crippen LogP contribution is 2.54. The van der Waals surface area contributed by atoms with Crippen molar-refractivity contribution in [3.63, 3.8) is 0 Å². The molecule has 10 aromatic carbocycles. The summed E-state index contributed by atoms with van der Waals surface area (Å²) in [6.07, 6.45) is 7.18. The lowest BCUT2D eigenvalue weighted by atomic mass is 9.73. The minimum atomic E-state index is -0.261. The molecule has 1 aliphatic carbocycles. The Balaban J connectivity index is 0.822. The van der Waals surface area contributed by atoms with E-state index in [9.17, 15) is 0 Å². The van der Waals surface area contributed by atoms with Crippen LogP contribution in [0.5, 0.6) is 0 Å². The van der Waals surface area contributed by atoms with Crippen molar-refractivity contribution < 1.29 is 8.83 Å². The highest BCUT2D eigenvalue weighted by atomic mass is 16.4. The van der Waals surface area contributed by atoms with E-state index in [4.69, 9.17) is 8.83 Å². The maximum absolute atomic E-state index is 6.73. The van der Waals surface area contributed by atoms with Crippen molar-refractivity contribution >= 4 is 82.6 Å². The summed E-state index contributed by atoms with van der Waals surface area (Å²) in [5.74, 6) is 0. The standard InChI is InChI=1S/C67H44N2O2/c1-67-41-49(43-16-8-3-9-17-43)27-35-64(67)69(51-20-12-5-13-21-51)61-32-24-48(40-58(61)67)47-26-34-63-57(39-47)53-29-28-52-56-38-46(25-33-62(56)70-65(52)66(53)71-63)45-23-31-60-55(37-45)54-36-44(42-14-6-2-7-15-42)22-30-59(54)68(60)50-18-10-4-11-19-50/h2-41,64H,1H3. The second-order valence-electron chi connectivity index (χ2n) is 19.4. The van der Waals surface area contributed by atoms with Gasteiger partial charge in [0.05, 0.1) is 17.1 Å². The summed E-state index contributed by atoms with van der Waals surface area (Å²) in [5.41, 5.74) is 19.7. The largest absolute Gasteiger partial charge is 0.452 e. The zero-order chi connectivity index (χ0) is 46.8. The normalized spacial score (nSPS) is 16.4. The molecule has 4 heterocycles. The second kappa shape index (κ2) is 15.2. The van der Waals surface area contributed by atoms with Crippen LogP contribution in [0.25, 0.3) is 110 Å². The molecule has 0 N–H and O–H groups in total. The van der Waals surface area contributed by atoms with Crippen LogP contribution in [-0.4, -0.2) is 10.6 Å². The van der Waals surface area contributed by atoms with Crippen molar-refractivity contribution in [2.45, 2.75) is 18.4 Å². The first-order valence-corrected chi connectivity index (χ1v) is 24.5. The number of benzene rings is 10. The van der Waals surface area contributed by atoms with E-state index < -0.39 is 0 Å². The zero-order valence-electron chi connectivity index (χ0n) is 38.9. The number of allylic oxidation sites excluding steroid dienone is 2. The van der Waals surface area contributed by atoms with Crippen LogP contribution >= 0.6 is 0 Å². The molecule has 71 heavy (non-hydrogen) atoms. The highest BCUT2D eigenvalue weighted by molar-refractivity contribution is 6.20. The van der Waals surface area contributed by atoms with E-state index in [-0.39, 0.29) is 11.5 Å². The fourth-order valence-corrected chi connectivity index (χ4v) is 11.9. The number of hydrogen-bond donors (Lipinski definition) is 0. The Hall–Kier alpha value is -9.12. The van der Waals surface area contributed by atoms with E-state index in [0.717, 1.165) is 66.3 Å². The van der Waals surface area contributed by atoms with Gasteiger partial charge in [-0.15, -0.1) is 0 Å². The van der Waals surface area contributed by atoms with Gasteiger partial charge >= 0.3 is 0 Å². The van der Waals surface area contributed by atoms with Crippen LogP contribution in [0.1, 0.15) is 18.1 Å². The van der Waals surface area contributed by atoms with Gasteiger partial charge in [-0.1, -0.05) is 146 Å². The SMILES string of the molecule is CC12C=C(c3ccccc3)C=CC1N(c1ccccc1)c1ccc(-c3ccc4oc5c(ccc6c7cc(-c8ccc9c(c8)c8cc(-c%10ccccc%10)ccc8n9-c8ccccc8)ccc7oc65)c4c3)cc12. The molecule has 13 aromatic rings. The van der Waals surface area contributed by atoms with Crippen molar-refractivity contribution in [1.82, 2.24) is 4.57 Å². The molecule has 4 heteroatoms. The van der Waals surface area contributed by atoms with E-state index in [0.29, 0.717) is 0 Å². The van der Waals surface area contributed by atoms with Gasteiger partial charge in [0, 0.05) is 54.8 Å². The molecule has 0 amide bonds. The van der Waals surface area contributed by atoms with Crippen LogP contribution in [0.2, 0.25) is 0 Å². The van der Waals surface area contributed by atoms with Gasteiger partial charge in [-0.25, -0.2) is 0 Å². The summed E-state index contributed by atoms with van der Waals surface area (Å²) < 4.78 is 15.8.